The molecule has 27 heavy (non-hydrogen) atoms. The van der Waals surface area contributed by atoms with Crippen molar-refractivity contribution in [3.05, 3.63) is 106 Å². The van der Waals surface area contributed by atoms with E-state index >= 15 is 0 Å². The van der Waals surface area contributed by atoms with Gasteiger partial charge in [0.2, 0.25) is 0 Å². The summed E-state index contributed by atoms with van der Waals surface area (Å²) in [4.78, 5) is 12.7. The van der Waals surface area contributed by atoms with Crippen LogP contribution in [0, 0.1) is 10.1 Å². The topological polar surface area (TPSA) is 66.6 Å². The lowest BCUT2D eigenvalue weighted by Crippen LogP contribution is -2.26. The zero-order valence-electron chi connectivity index (χ0n) is 15.0. The lowest BCUT2D eigenvalue weighted by Gasteiger charge is -2.27. The zero-order chi connectivity index (χ0) is 19.1. The predicted octanol–water partition coefficient (Wildman–Crippen LogP) is 4.34. The first-order valence-electron chi connectivity index (χ1n) is 8.88. The number of hydrogen-bond donors (Lipinski definition) is 1. The fourth-order valence-electron chi connectivity index (χ4n) is 3.09. The Morgan fingerprint density at radius 3 is 2.19 bits per heavy atom. The summed E-state index contributed by atoms with van der Waals surface area (Å²) < 4.78 is 0. The van der Waals surface area contributed by atoms with E-state index in [4.69, 9.17) is 0 Å². The second kappa shape index (κ2) is 8.96. The third-order valence-corrected chi connectivity index (χ3v) is 4.54. The molecule has 3 aromatic rings. The summed E-state index contributed by atoms with van der Waals surface area (Å²) in [7, 11) is 0. The van der Waals surface area contributed by atoms with E-state index in [1.54, 1.807) is 24.3 Å². The molecule has 0 atom stereocenters. The number of aliphatic hydroxyl groups is 1. The molecule has 3 aromatic carbocycles. The van der Waals surface area contributed by atoms with Gasteiger partial charge < -0.3 is 10.0 Å². The first-order chi connectivity index (χ1) is 13.2. The summed E-state index contributed by atoms with van der Waals surface area (Å²) in [5.41, 5.74) is 4.22. The molecule has 0 aromatic heterocycles. The molecule has 5 nitrogen and oxygen atoms in total. The van der Waals surface area contributed by atoms with Gasteiger partial charge in [-0.3, -0.25) is 10.1 Å². The van der Waals surface area contributed by atoms with Gasteiger partial charge in [0.15, 0.2) is 0 Å². The lowest BCUT2D eigenvalue weighted by atomic mass is 10.1. The SMILES string of the molecule is O=[N+]([O-])c1ccc(CCN(Cc2ccccc2)c2ccccc2CO)cc1. The van der Waals surface area contributed by atoms with Crippen LogP contribution < -0.4 is 4.90 Å². The van der Waals surface area contributed by atoms with Gasteiger partial charge in [-0.05, 0) is 23.6 Å². The van der Waals surface area contributed by atoms with Gasteiger partial charge in [-0.15, -0.1) is 0 Å². The number of para-hydroxylation sites is 1. The first kappa shape index (κ1) is 18.6. The summed E-state index contributed by atoms with van der Waals surface area (Å²) in [5.74, 6) is 0. The molecule has 0 saturated heterocycles. The number of nitro benzene ring substituents is 1. The Balaban J connectivity index is 1.80. The Labute approximate surface area is 158 Å². The van der Waals surface area contributed by atoms with Crippen molar-refractivity contribution in [2.75, 3.05) is 11.4 Å². The molecule has 0 unspecified atom stereocenters. The highest BCUT2D eigenvalue weighted by Gasteiger charge is 2.12. The molecular weight excluding hydrogens is 340 g/mol. The van der Waals surface area contributed by atoms with Crippen LogP contribution in [-0.2, 0) is 19.6 Å². The van der Waals surface area contributed by atoms with Crippen molar-refractivity contribution < 1.29 is 10.0 Å². The Morgan fingerprint density at radius 1 is 0.852 bits per heavy atom. The lowest BCUT2D eigenvalue weighted by molar-refractivity contribution is -0.384. The Morgan fingerprint density at radius 2 is 1.52 bits per heavy atom. The third kappa shape index (κ3) is 4.92. The maximum atomic E-state index is 10.8. The van der Waals surface area contributed by atoms with Crippen LogP contribution in [0.1, 0.15) is 16.7 Å². The molecule has 3 rings (SSSR count). The molecule has 0 aliphatic rings. The number of rotatable bonds is 8. The van der Waals surface area contributed by atoms with Crippen LogP contribution in [0.15, 0.2) is 78.9 Å². The van der Waals surface area contributed by atoms with Gasteiger partial charge in [0.25, 0.3) is 5.69 Å². The average molecular weight is 362 g/mol. The van der Waals surface area contributed by atoms with E-state index in [2.05, 4.69) is 17.0 Å². The number of benzene rings is 3. The first-order valence-corrected chi connectivity index (χ1v) is 8.88. The molecule has 0 radical (unpaired) electrons. The Hall–Kier alpha value is -3.18. The number of nitrogens with zero attached hydrogens (tertiary/aromatic N) is 2. The molecule has 0 aliphatic carbocycles. The molecule has 0 saturated carbocycles. The van der Waals surface area contributed by atoms with Crippen LogP contribution in [0.2, 0.25) is 0 Å². The normalized spacial score (nSPS) is 10.6. The standard InChI is InChI=1S/C22H22N2O3/c25-17-20-8-4-5-9-22(20)23(16-19-6-2-1-3-7-19)15-14-18-10-12-21(13-11-18)24(26)27/h1-13,25H,14-17H2. The summed E-state index contributed by atoms with van der Waals surface area (Å²) >= 11 is 0. The molecule has 5 heteroatoms. The van der Waals surface area contributed by atoms with E-state index < -0.39 is 0 Å². The van der Waals surface area contributed by atoms with Crippen molar-refractivity contribution in [2.45, 2.75) is 19.6 Å². The highest BCUT2D eigenvalue weighted by Crippen LogP contribution is 2.23. The summed E-state index contributed by atoms with van der Waals surface area (Å²) in [6.45, 7) is 1.45. The van der Waals surface area contributed by atoms with Gasteiger partial charge in [-0.2, -0.15) is 0 Å². The maximum absolute atomic E-state index is 10.8. The van der Waals surface area contributed by atoms with E-state index in [-0.39, 0.29) is 17.2 Å². The average Bonchev–Trinajstić information content (AvgIpc) is 2.72. The second-order valence-electron chi connectivity index (χ2n) is 6.37. The number of aliphatic hydroxyl groups excluding tert-OH is 1. The fraction of sp³-hybridized carbons (Fsp3) is 0.182. The number of nitro groups is 1. The fourth-order valence-corrected chi connectivity index (χ4v) is 3.09. The van der Waals surface area contributed by atoms with Gasteiger partial charge in [-0.1, -0.05) is 60.7 Å². The second-order valence-corrected chi connectivity index (χ2v) is 6.37. The van der Waals surface area contributed by atoms with Gasteiger partial charge in [0.1, 0.15) is 0 Å². The van der Waals surface area contributed by atoms with Gasteiger partial charge in [0.05, 0.1) is 11.5 Å². The van der Waals surface area contributed by atoms with E-state index in [0.717, 1.165) is 36.3 Å². The zero-order valence-corrected chi connectivity index (χ0v) is 15.0. The molecule has 0 bridgehead atoms. The van der Waals surface area contributed by atoms with Crippen molar-refractivity contribution in [2.24, 2.45) is 0 Å². The molecule has 0 aliphatic heterocycles. The third-order valence-electron chi connectivity index (χ3n) is 4.54. The number of hydrogen-bond acceptors (Lipinski definition) is 4. The van der Waals surface area contributed by atoms with E-state index in [9.17, 15) is 15.2 Å². The minimum absolute atomic E-state index is 0.0149. The van der Waals surface area contributed by atoms with E-state index in [0.29, 0.717) is 0 Å². The van der Waals surface area contributed by atoms with Crippen molar-refractivity contribution in [1.29, 1.82) is 0 Å². The minimum atomic E-state index is -0.386. The van der Waals surface area contributed by atoms with Crippen LogP contribution >= 0.6 is 0 Å². The number of non-ortho nitro benzene ring substituents is 1. The van der Waals surface area contributed by atoms with Crippen LogP contribution in [0.5, 0.6) is 0 Å². The van der Waals surface area contributed by atoms with Crippen molar-refractivity contribution in [1.82, 2.24) is 0 Å². The Bertz CT molecular complexity index is 880. The van der Waals surface area contributed by atoms with Crippen molar-refractivity contribution in [3.63, 3.8) is 0 Å². The quantitative estimate of drug-likeness (QED) is 0.478. The molecular formula is C22H22N2O3. The molecule has 0 amide bonds. The van der Waals surface area contributed by atoms with E-state index in [1.807, 2.05) is 42.5 Å². The van der Waals surface area contributed by atoms with Gasteiger partial charge in [-0.25, -0.2) is 0 Å². The van der Waals surface area contributed by atoms with Gasteiger partial charge >= 0.3 is 0 Å². The summed E-state index contributed by atoms with van der Waals surface area (Å²) in [6, 6.07) is 24.7. The highest BCUT2D eigenvalue weighted by molar-refractivity contribution is 5.54. The number of anilines is 1. The van der Waals surface area contributed by atoms with Crippen LogP contribution in [0.3, 0.4) is 0 Å². The van der Waals surface area contributed by atoms with Crippen molar-refractivity contribution in [3.8, 4) is 0 Å². The van der Waals surface area contributed by atoms with Crippen LogP contribution in [0.4, 0.5) is 11.4 Å². The van der Waals surface area contributed by atoms with Crippen molar-refractivity contribution >= 4 is 11.4 Å². The van der Waals surface area contributed by atoms with Crippen LogP contribution in [0.25, 0.3) is 0 Å². The van der Waals surface area contributed by atoms with E-state index in [1.165, 1.54) is 5.56 Å². The summed E-state index contributed by atoms with van der Waals surface area (Å²) in [5, 5.41) is 20.5. The Kier molecular flexibility index (Phi) is 6.18. The van der Waals surface area contributed by atoms with Gasteiger partial charge in [0, 0.05) is 36.5 Å². The minimum Gasteiger partial charge on any atom is -0.392 e. The molecule has 0 fully saturated rings. The summed E-state index contributed by atoms with van der Waals surface area (Å²) in [6.07, 6.45) is 0.755. The maximum Gasteiger partial charge on any atom is 0.269 e. The van der Waals surface area contributed by atoms with Crippen LogP contribution in [-0.4, -0.2) is 16.6 Å². The molecule has 1 N–H and O–H groups in total. The molecule has 0 heterocycles. The smallest absolute Gasteiger partial charge is 0.269 e. The molecule has 138 valence electrons. The predicted molar refractivity (Wildman–Crippen MR) is 107 cm³/mol. The monoisotopic (exact) mass is 362 g/mol. The largest absolute Gasteiger partial charge is 0.392 e. The molecule has 0 spiro atoms. The highest BCUT2D eigenvalue weighted by atomic mass is 16.6.